The lowest BCUT2D eigenvalue weighted by atomic mass is 10.2. The summed E-state index contributed by atoms with van der Waals surface area (Å²) in [5.74, 6) is 2.02. The third-order valence-electron chi connectivity index (χ3n) is 3.74. The van der Waals surface area contributed by atoms with Gasteiger partial charge in [-0.1, -0.05) is 13.8 Å². The maximum atomic E-state index is 11.5. The molecule has 8 nitrogen and oxygen atoms in total. The van der Waals surface area contributed by atoms with Gasteiger partial charge in [-0.05, 0) is 44.2 Å². The van der Waals surface area contributed by atoms with Crippen LogP contribution in [0.5, 0.6) is 0 Å². The number of aryl methyl sites for hydroxylation is 2. The summed E-state index contributed by atoms with van der Waals surface area (Å²) in [6, 6.07) is 8.02. The van der Waals surface area contributed by atoms with Gasteiger partial charge in [0.1, 0.15) is 11.5 Å². The van der Waals surface area contributed by atoms with E-state index in [2.05, 4.69) is 20.1 Å². The molecular formula is C17H20N6O2S. The third kappa shape index (κ3) is 3.63. The molecule has 1 aromatic carbocycles. The number of aromatic nitrogens is 5. The molecule has 0 aliphatic carbocycles. The van der Waals surface area contributed by atoms with E-state index >= 15 is 0 Å². The van der Waals surface area contributed by atoms with Crippen molar-refractivity contribution in [3.63, 3.8) is 0 Å². The first kappa shape index (κ1) is 18.2. The molecule has 2 N–H and O–H groups in total. The molecule has 3 rings (SSSR count). The Hall–Kier alpha value is -2.65. The van der Waals surface area contributed by atoms with E-state index in [9.17, 15) is 8.42 Å². The minimum atomic E-state index is -3.75. The largest absolute Gasteiger partial charge is 0.239 e. The highest BCUT2D eigenvalue weighted by atomic mass is 32.2. The molecule has 0 radical (unpaired) electrons. The summed E-state index contributed by atoms with van der Waals surface area (Å²) in [5.41, 5.74) is 2.16. The lowest BCUT2D eigenvalue weighted by Gasteiger charge is -2.07. The van der Waals surface area contributed by atoms with Crippen LogP contribution in [0.15, 0.2) is 35.2 Å². The average molecular weight is 372 g/mol. The van der Waals surface area contributed by atoms with Gasteiger partial charge in [0.15, 0.2) is 11.6 Å². The lowest BCUT2D eigenvalue weighted by molar-refractivity contribution is 0.598. The normalized spacial score (nSPS) is 11.9. The Balaban J connectivity index is 2.17. The van der Waals surface area contributed by atoms with Crippen molar-refractivity contribution in [3.05, 3.63) is 47.7 Å². The second kappa shape index (κ2) is 6.58. The van der Waals surface area contributed by atoms with Crippen molar-refractivity contribution in [2.24, 2.45) is 5.14 Å². The Bertz CT molecular complexity index is 1040. The Morgan fingerprint density at radius 2 is 1.69 bits per heavy atom. The first-order valence-electron chi connectivity index (χ1n) is 8.08. The van der Waals surface area contributed by atoms with Crippen LogP contribution in [0.3, 0.4) is 0 Å². The highest BCUT2D eigenvalue weighted by Gasteiger charge is 2.18. The van der Waals surface area contributed by atoms with E-state index < -0.39 is 10.0 Å². The van der Waals surface area contributed by atoms with Crippen LogP contribution in [0.4, 0.5) is 0 Å². The van der Waals surface area contributed by atoms with Crippen molar-refractivity contribution in [3.8, 4) is 17.2 Å². The van der Waals surface area contributed by atoms with Gasteiger partial charge < -0.3 is 0 Å². The standard InChI is InChI=1S/C17H20N6O2S/c1-10(2)16-21-17(15-9-11(3)19-12(4)20-15)23(22-16)13-5-7-14(8-6-13)26(18,24)25/h5-10H,1-4H3,(H2,18,24,25). The zero-order chi connectivity index (χ0) is 19.1. The van der Waals surface area contributed by atoms with Crippen molar-refractivity contribution in [1.82, 2.24) is 24.7 Å². The van der Waals surface area contributed by atoms with Crippen molar-refractivity contribution in [1.29, 1.82) is 0 Å². The van der Waals surface area contributed by atoms with E-state index in [1.165, 1.54) is 12.1 Å². The van der Waals surface area contributed by atoms with Crippen LogP contribution < -0.4 is 5.14 Å². The van der Waals surface area contributed by atoms with Gasteiger partial charge in [0.2, 0.25) is 10.0 Å². The predicted octanol–water partition coefficient (Wildman–Crippen LogP) is 2.11. The maximum Gasteiger partial charge on any atom is 0.238 e. The maximum absolute atomic E-state index is 11.5. The highest BCUT2D eigenvalue weighted by Crippen LogP contribution is 2.23. The first-order valence-corrected chi connectivity index (χ1v) is 9.62. The molecular weight excluding hydrogens is 352 g/mol. The summed E-state index contributed by atoms with van der Waals surface area (Å²) in [6.07, 6.45) is 0. The minimum absolute atomic E-state index is 0.0423. The van der Waals surface area contributed by atoms with E-state index in [0.717, 1.165) is 5.69 Å². The molecule has 0 spiro atoms. The topological polar surface area (TPSA) is 117 Å². The fraction of sp³-hybridized carbons (Fsp3) is 0.294. The predicted molar refractivity (Wildman–Crippen MR) is 97.3 cm³/mol. The Morgan fingerprint density at radius 1 is 1.04 bits per heavy atom. The SMILES string of the molecule is Cc1cc(-c2nc(C(C)C)nn2-c2ccc(S(N)(=O)=O)cc2)nc(C)n1. The number of sulfonamides is 1. The first-order chi connectivity index (χ1) is 12.1. The molecule has 9 heteroatoms. The van der Waals surface area contributed by atoms with Crippen LogP contribution in [0.1, 0.15) is 37.1 Å². The van der Waals surface area contributed by atoms with Crippen LogP contribution in [0.2, 0.25) is 0 Å². The van der Waals surface area contributed by atoms with Gasteiger partial charge in [-0.15, -0.1) is 0 Å². The Labute approximate surface area is 152 Å². The van der Waals surface area contributed by atoms with Crippen LogP contribution >= 0.6 is 0 Å². The van der Waals surface area contributed by atoms with E-state index in [1.54, 1.807) is 16.8 Å². The molecule has 3 aromatic rings. The molecule has 0 saturated carbocycles. The summed E-state index contributed by atoms with van der Waals surface area (Å²) in [4.78, 5) is 13.4. The van der Waals surface area contributed by atoms with Gasteiger partial charge in [-0.3, -0.25) is 0 Å². The van der Waals surface area contributed by atoms with E-state index in [1.807, 2.05) is 33.8 Å². The molecule has 0 atom stereocenters. The van der Waals surface area contributed by atoms with Crippen LogP contribution in [-0.4, -0.2) is 33.2 Å². The van der Waals surface area contributed by atoms with Crippen molar-refractivity contribution in [2.45, 2.75) is 38.5 Å². The number of primary sulfonamides is 1. The van der Waals surface area contributed by atoms with Gasteiger partial charge in [0.25, 0.3) is 0 Å². The quantitative estimate of drug-likeness (QED) is 0.749. The summed E-state index contributed by atoms with van der Waals surface area (Å²) < 4.78 is 24.6. The molecule has 0 aliphatic rings. The summed E-state index contributed by atoms with van der Waals surface area (Å²) in [7, 11) is -3.75. The summed E-state index contributed by atoms with van der Waals surface area (Å²) in [6.45, 7) is 7.72. The molecule has 0 amide bonds. The molecule has 0 bridgehead atoms. The molecule has 0 fully saturated rings. The Morgan fingerprint density at radius 3 is 2.23 bits per heavy atom. The van der Waals surface area contributed by atoms with Crippen LogP contribution in [-0.2, 0) is 10.0 Å². The fourth-order valence-corrected chi connectivity index (χ4v) is 3.04. The van der Waals surface area contributed by atoms with Crippen molar-refractivity contribution >= 4 is 10.0 Å². The smallest absolute Gasteiger partial charge is 0.238 e. The van der Waals surface area contributed by atoms with Gasteiger partial charge in [-0.2, -0.15) is 5.10 Å². The highest BCUT2D eigenvalue weighted by molar-refractivity contribution is 7.89. The minimum Gasteiger partial charge on any atom is -0.239 e. The zero-order valence-electron chi connectivity index (χ0n) is 15.0. The number of hydrogen-bond acceptors (Lipinski definition) is 6. The number of hydrogen-bond donors (Lipinski definition) is 1. The fourth-order valence-electron chi connectivity index (χ4n) is 2.53. The second-order valence-electron chi connectivity index (χ2n) is 6.34. The zero-order valence-corrected chi connectivity index (χ0v) is 15.8. The van der Waals surface area contributed by atoms with Crippen molar-refractivity contribution < 1.29 is 8.42 Å². The third-order valence-corrected chi connectivity index (χ3v) is 4.67. The van der Waals surface area contributed by atoms with E-state index in [4.69, 9.17) is 5.14 Å². The molecule has 0 saturated heterocycles. The van der Waals surface area contributed by atoms with Crippen LogP contribution in [0, 0.1) is 13.8 Å². The van der Waals surface area contributed by atoms with E-state index in [-0.39, 0.29) is 10.8 Å². The Kier molecular flexibility index (Phi) is 4.59. The van der Waals surface area contributed by atoms with Crippen molar-refractivity contribution in [2.75, 3.05) is 0 Å². The van der Waals surface area contributed by atoms with Gasteiger partial charge >= 0.3 is 0 Å². The monoisotopic (exact) mass is 372 g/mol. The summed E-state index contributed by atoms with van der Waals surface area (Å²) in [5, 5.41) is 9.74. The molecule has 2 heterocycles. The molecule has 26 heavy (non-hydrogen) atoms. The van der Waals surface area contributed by atoms with Gasteiger partial charge in [0.05, 0.1) is 10.6 Å². The summed E-state index contributed by atoms with van der Waals surface area (Å²) >= 11 is 0. The van der Waals surface area contributed by atoms with Gasteiger partial charge in [-0.25, -0.2) is 33.2 Å². The number of benzene rings is 1. The second-order valence-corrected chi connectivity index (χ2v) is 7.90. The molecule has 136 valence electrons. The molecule has 2 aromatic heterocycles. The average Bonchev–Trinajstić information content (AvgIpc) is 2.99. The van der Waals surface area contributed by atoms with E-state index in [0.29, 0.717) is 28.9 Å². The number of rotatable bonds is 4. The molecule has 0 aliphatic heterocycles. The lowest BCUT2D eigenvalue weighted by Crippen LogP contribution is -2.12. The molecule has 0 unspecified atom stereocenters. The van der Waals surface area contributed by atoms with Crippen LogP contribution in [0.25, 0.3) is 17.2 Å². The number of nitrogens with zero attached hydrogens (tertiary/aromatic N) is 5. The van der Waals surface area contributed by atoms with Gasteiger partial charge in [0, 0.05) is 11.6 Å². The number of nitrogens with two attached hydrogens (primary N) is 1.